The molecule has 0 unspecified atom stereocenters. The van der Waals surface area contributed by atoms with E-state index in [0.717, 1.165) is 9.35 Å². The van der Waals surface area contributed by atoms with E-state index in [1.807, 2.05) is 11.4 Å². The summed E-state index contributed by atoms with van der Waals surface area (Å²) in [5, 5.41) is 9.54. The molecule has 0 amide bonds. The highest BCUT2D eigenvalue weighted by Gasteiger charge is 2.11. The maximum Gasteiger partial charge on any atom is 0.178 e. The largest absolute Gasteiger partial charge is 0.293 e. The first-order chi connectivity index (χ1) is 7.15. The fourth-order valence-corrected chi connectivity index (χ4v) is 2.55. The Morgan fingerprint density at radius 1 is 1.67 bits per heavy atom. The zero-order valence-corrected chi connectivity index (χ0v) is 10.4. The molecule has 2 aromatic rings. The Hall–Kier alpha value is -1.01. The summed E-state index contributed by atoms with van der Waals surface area (Å²) in [5.74, 6) is 0.0752. The van der Waals surface area contributed by atoms with Crippen LogP contribution in [0.3, 0.4) is 0 Å². The van der Waals surface area contributed by atoms with E-state index in [9.17, 15) is 4.79 Å². The van der Waals surface area contributed by atoms with Crippen molar-refractivity contribution in [2.45, 2.75) is 6.42 Å². The molecule has 0 saturated heterocycles. The van der Waals surface area contributed by atoms with E-state index in [-0.39, 0.29) is 5.78 Å². The van der Waals surface area contributed by atoms with Gasteiger partial charge < -0.3 is 0 Å². The van der Waals surface area contributed by atoms with E-state index in [1.54, 1.807) is 17.9 Å². The van der Waals surface area contributed by atoms with Crippen LogP contribution in [0.1, 0.15) is 15.4 Å². The van der Waals surface area contributed by atoms with Crippen molar-refractivity contribution in [2.24, 2.45) is 7.05 Å². The Kier molecular flexibility index (Phi) is 2.97. The minimum atomic E-state index is 0.0752. The number of carbonyl (C=O) groups excluding carboxylic acids is 1. The molecule has 4 nitrogen and oxygen atoms in total. The van der Waals surface area contributed by atoms with Crippen LogP contribution in [-0.2, 0) is 13.5 Å². The second-order valence-electron chi connectivity index (χ2n) is 3.11. The number of aromatic nitrogens is 3. The van der Waals surface area contributed by atoms with Crippen molar-refractivity contribution < 1.29 is 4.79 Å². The molecule has 0 N–H and O–H groups in total. The standard InChI is InChI=1S/C9H8BrN3OS/c1-13-4-7(11-12-13)3-8(14)9-2-6(10)5-15-9/h2,4-5H,3H2,1H3. The third kappa shape index (κ3) is 2.51. The summed E-state index contributed by atoms with van der Waals surface area (Å²) in [7, 11) is 1.78. The van der Waals surface area contributed by atoms with Gasteiger partial charge in [0.1, 0.15) is 0 Å². The fourth-order valence-electron chi connectivity index (χ4n) is 1.19. The van der Waals surface area contributed by atoms with E-state index in [4.69, 9.17) is 0 Å². The van der Waals surface area contributed by atoms with Gasteiger partial charge in [-0.1, -0.05) is 5.21 Å². The topological polar surface area (TPSA) is 47.8 Å². The van der Waals surface area contributed by atoms with Crippen LogP contribution in [0.25, 0.3) is 0 Å². The summed E-state index contributed by atoms with van der Waals surface area (Å²) >= 11 is 4.75. The molecule has 2 aromatic heterocycles. The minimum Gasteiger partial charge on any atom is -0.293 e. The average molecular weight is 286 g/mol. The molecule has 6 heteroatoms. The van der Waals surface area contributed by atoms with Crippen molar-refractivity contribution in [1.29, 1.82) is 0 Å². The molecule has 2 rings (SSSR count). The normalized spacial score (nSPS) is 10.5. The van der Waals surface area contributed by atoms with E-state index >= 15 is 0 Å². The molecule has 0 bridgehead atoms. The molecule has 0 aromatic carbocycles. The Bertz CT molecular complexity index is 491. The van der Waals surface area contributed by atoms with Crippen LogP contribution in [0, 0.1) is 0 Å². The smallest absolute Gasteiger partial charge is 0.178 e. The molecule has 15 heavy (non-hydrogen) atoms. The number of aryl methyl sites for hydroxylation is 1. The lowest BCUT2D eigenvalue weighted by atomic mass is 10.2. The lowest BCUT2D eigenvalue weighted by Gasteiger charge is -1.92. The summed E-state index contributed by atoms with van der Waals surface area (Å²) in [6.07, 6.45) is 2.06. The third-order valence-electron chi connectivity index (χ3n) is 1.83. The molecule has 0 saturated carbocycles. The van der Waals surface area contributed by atoms with Gasteiger partial charge in [-0.2, -0.15) is 0 Å². The number of rotatable bonds is 3. The Balaban J connectivity index is 2.10. The lowest BCUT2D eigenvalue weighted by molar-refractivity contribution is 0.0995. The number of thiophene rings is 1. The predicted molar refractivity (Wildman–Crippen MR) is 61.1 cm³/mol. The van der Waals surface area contributed by atoms with Crippen molar-refractivity contribution in [3.63, 3.8) is 0 Å². The summed E-state index contributed by atoms with van der Waals surface area (Å²) in [6.45, 7) is 0. The lowest BCUT2D eigenvalue weighted by Crippen LogP contribution is -2.01. The second kappa shape index (κ2) is 4.24. The Morgan fingerprint density at radius 2 is 2.47 bits per heavy atom. The summed E-state index contributed by atoms with van der Waals surface area (Å²) in [6, 6.07) is 1.82. The van der Waals surface area contributed by atoms with Crippen molar-refractivity contribution in [3.8, 4) is 0 Å². The molecular formula is C9H8BrN3OS. The molecule has 0 spiro atoms. The first kappa shape index (κ1) is 10.5. The Morgan fingerprint density at radius 3 is 3.00 bits per heavy atom. The monoisotopic (exact) mass is 285 g/mol. The SMILES string of the molecule is Cn1cc(CC(=O)c2cc(Br)cs2)nn1. The number of Topliss-reactive ketones (excluding diaryl/α,β-unsaturated/α-hetero) is 1. The van der Waals surface area contributed by atoms with E-state index < -0.39 is 0 Å². The van der Waals surface area contributed by atoms with Crippen LogP contribution < -0.4 is 0 Å². The molecule has 0 aliphatic carbocycles. The number of nitrogens with zero attached hydrogens (tertiary/aromatic N) is 3. The highest BCUT2D eigenvalue weighted by Crippen LogP contribution is 2.20. The third-order valence-corrected chi connectivity index (χ3v) is 3.57. The molecule has 0 fully saturated rings. The highest BCUT2D eigenvalue weighted by atomic mass is 79.9. The maximum absolute atomic E-state index is 11.7. The average Bonchev–Trinajstić information content (AvgIpc) is 2.75. The second-order valence-corrected chi connectivity index (χ2v) is 4.94. The number of carbonyl (C=O) groups is 1. The molecule has 2 heterocycles. The summed E-state index contributed by atoms with van der Waals surface area (Å²) in [4.78, 5) is 12.5. The molecule has 0 aliphatic rings. The minimum absolute atomic E-state index is 0.0752. The predicted octanol–water partition coefficient (Wildman–Crippen LogP) is 2.06. The van der Waals surface area contributed by atoms with Gasteiger partial charge in [0.05, 0.1) is 17.0 Å². The zero-order chi connectivity index (χ0) is 10.8. The van der Waals surface area contributed by atoms with E-state index in [0.29, 0.717) is 12.1 Å². The van der Waals surface area contributed by atoms with Gasteiger partial charge in [0.25, 0.3) is 0 Å². The zero-order valence-electron chi connectivity index (χ0n) is 7.98. The van der Waals surface area contributed by atoms with Gasteiger partial charge in [-0.25, -0.2) is 0 Å². The van der Waals surface area contributed by atoms with E-state index in [2.05, 4.69) is 26.2 Å². The number of ketones is 1. The van der Waals surface area contributed by atoms with Crippen LogP contribution in [0.2, 0.25) is 0 Å². The number of hydrogen-bond acceptors (Lipinski definition) is 4. The van der Waals surface area contributed by atoms with Gasteiger partial charge in [-0.3, -0.25) is 9.48 Å². The molecule has 0 atom stereocenters. The molecule has 78 valence electrons. The van der Waals surface area contributed by atoms with Gasteiger partial charge in [-0.05, 0) is 22.0 Å². The number of halogens is 1. The van der Waals surface area contributed by atoms with E-state index in [1.165, 1.54) is 11.3 Å². The fraction of sp³-hybridized carbons (Fsp3) is 0.222. The molecule has 0 radical (unpaired) electrons. The summed E-state index contributed by atoms with van der Waals surface area (Å²) < 4.78 is 2.53. The van der Waals surface area contributed by atoms with Gasteiger partial charge in [0, 0.05) is 23.1 Å². The number of hydrogen-bond donors (Lipinski definition) is 0. The van der Waals surface area contributed by atoms with Gasteiger partial charge >= 0.3 is 0 Å². The Labute approximate surface area is 99.0 Å². The first-order valence-electron chi connectivity index (χ1n) is 4.27. The van der Waals surface area contributed by atoms with Crippen LogP contribution in [0.5, 0.6) is 0 Å². The van der Waals surface area contributed by atoms with Crippen LogP contribution in [0.4, 0.5) is 0 Å². The first-order valence-corrected chi connectivity index (χ1v) is 5.95. The van der Waals surface area contributed by atoms with Gasteiger partial charge in [0.2, 0.25) is 0 Å². The van der Waals surface area contributed by atoms with Crippen LogP contribution in [0.15, 0.2) is 22.1 Å². The van der Waals surface area contributed by atoms with Crippen molar-refractivity contribution in [2.75, 3.05) is 0 Å². The quantitative estimate of drug-likeness (QED) is 0.811. The van der Waals surface area contributed by atoms with Crippen molar-refractivity contribution >= 4 is 33.0 Å². The highest BCUT2D eigenvalue weighted by molar-refractivity contribution is 9.10. The van der Waals surface area contributed by atoms with Crippen LogP contribution >= 0.6 is 27.3 Å². The van der Waals surface area contributed by atoms with Gasteiger partial charge in [0.15, 0.2) is 5.78 Å². The molecular weight excluding hydrogens is 278 g/mol. The molecule has 0 aliphatic heterocycles. The summed E-state index contributed by atoms with van der Waals surface area (Å²) in [5.41, 5.74) is 0.701. The van der Waals surface area contributed by atoms with Crippen molar-refractivity contribution in [3.05, 3.63) is 32.7 Å². The maximum atomic E-state index is 11.7. The van der Waals surface area contributed by atoms with Gasteiger partial charge in [-0.15, -0.1) is 16.4 Å². The van der Waals surface area contributed by atoms with Crippen LogP contribution in [-0.4, -0.2) is 20.8 Å². The van der Waals surface area contributed by atoms with Crippen molar-refractivity contribution in [1.82, 2.24) is 15.0 Å².